The van der Waals surface area contributed by atoms with Crippen LogP contribution in [-0.2, 0) is 14.4 Å². The lowest BCUT2D eigenvalue weighted by Gasteiger charge is -2.28. The van der Waals surface area contributed by atoms with Crippen LogP contribution in [0.1, 0.15) is 48.5 Å². The summed E-state index contributed by atoms with van der Waals surface area (Å²) in [6, 6.07) is 0. The van der Waals surface area contributed by atoms with Gasteiger partial charge in [-0.25, -0.2) is 0 Å². The third-order valence-electron chi connectivity index (χ3n) is 3.72. The molecule has 6 heteroatoms. The Morgan fingerprint density at radius 1 is 1.16 bits per heavy atom. The second-order valence-corrected chi connectivity index (χ2v) is 9.45. The molecule has 142 valence electrons. The Kier molecular flexibility index (Phi) is 7.72. The highest BCUT2D eigenvalue weighted by Gasteiger charge is 2.32. The largest absolute Gasteiger partial charge is 0.341 e. The molecule has 1 aliphatic heterocycles. The van der Waals surface area contributed by atoms with Gasteiger partial charge in [0.05, 0.1) is 10.8 Å². The van der Waals surface area contributed by atoms with Gasteiger partial charge in [-0.2, -0.15) is 0 Å². The summed E-state index contributed by atoms with van der Waals surface area (Å²) < 4.78 is 0. The van der Waals surface area contributed by atoms with Crippen molar-refractivity contribution in [3.8, 4) is 0 Å². The van der Waals surface area contributed by atoms with Crippen molar-refractivity contribution in [3.05, 3.63) is 11.1 Å². The van der Waals surface area contributed by atoms with Crippen molar-refractivity contribution in [1.82, 2.24) is 9.80 Å². The highest BCUT2D eigenvalue weighted by molar-refractivity contribution is 8.04. The Morgan fingerprint density at radius 2 is 1.68 bits per heavy atom. The summed E-state index contributed by atoms with van der Waals surface area (Å²) >= 11 is 1.33. The second-order valence-electron chi connectivity index (χ2n) is 8.45. The number of amides is 2. The van der Waals surface area contributed by atoms with E-state index >= 15 is 0 Å². The van der Waals surface area contributed by atoms with Gasteiger partial charge in [-0.15, -0.1) is 0 Å². The minimum atomic E-state index is -0.504. The molecule has 0 aliphatic carbocycles. The van der Waals surface area contributed by atoms with E-state index < -0.39 is 5.41 Å². The van der Waals surface area contributed by atoms with E-state index in [2.05, 4.69) is 27.7 Å². The number of carbonyl (C=O) groups is 3. The monoisotopic (exact) mass is 368 g/mol. The summed E-state index contributed by atoms with van der Waals surface area (Å²) in [6.45, 7) is 15.2. The zero-order chi connectivity index (χ0) is 19.4. The first-order chi connectivity index (χ1) is 11.4. The smallest absolute Gasteiger partial charge is 0.242 e. The van der Waals surface area contributed by atoms with E-state index in [4.69, 9.17) is 0 Å². The van der Waals surface area contributed by atoms with Crippen molar-refractivity contribution in [2.24, 2.45) is 17.3 Å². The lowest BCUT2D eigenvalue weighted by Crippen LogP contribution is -2.43. The molecule has 0 unspecified atom stereocenters. The molecule has 5 nitrogen and oxygen atoms in total. The Hall–Kier alpha value is -1.30. The fraction of sp³-hybridized carbons (Fsp3) is 0.737. The number of thioether (sulfide) groups is 1. The van der Waals surface area contributed by atoms with Crippen LogP contribution < -0.4 is 0 Å². The van der Waals surface area contributed by atoms with Gasteiger partial charge < -0.3 is 4.90 Å². The zero-order valence-electron chi connectivity index (χ0n) is 16.6. The van der Waals surface area contributed by atoms with Crippen LogP contribution in [0.5, 0.6) is 0 Å². The van der Waals surface area contributed by atoms with Crippen molar-refractivity contribution in [2.45, 2.75) is 48.5 Å². The normalized spacial score (nSPS) is 17.1. The maximum Gasteiger partial charge on any atom is 0.242 e. The number of nitrogens with zero attached hydrogens (tertiary/aromatic N) is 2. The molecular weight excluding hydrogens is 336 g/mol. The van der Waals surface area contributed by atoms with E-state index in [1.165, 1.54) is 22.7 Å². The van der Waals surface area contributed by atoms with Crippen molar-refractivity contribution in [2.75, 3.05) is 25.4 Å². The van der Waals surface area contributed by atoms with Crippen LogP contribution in [0.3, 0.4) is 0 Å². The van der Waals surface area contributed by atoms with E-state index in [0.29, 0.717) is 30.0 Å². The van der Waals surface area contributed by atoms with Crippen LogP contribution in [-0.4, -0.2) is 52.8 Å². The molecule has 0 aromatic heterocycles. The van der Waals surface area contributed by atoms with Crippen LogP contribution in [0.2, 0.25) is 0 Å². The number of hydrogen-bond acceptors (Lipinski definition) is 4. The molecule has 0 radical (unpaired) electrons. The van der Waals surface area contributed by atoms with Crippen LogP contribution in [0, 0.1) is 17.3 Å². The van der Waals surface area contributed by atoms with Gasteiger partial charge in [-0.3, -0.25) is 19.3 Å². The summed E-state index contributed by atoms with van der Waals surface area (Å²) in [7, 11) is 0. The number of ketones is 1. The van der Waals surface area contributed by atoms with Gasteiger partial charge in [0.25, 0.3) is 0 Å². The van der Waals surface area contributed by atoms with Crippen molar-refractivity contribution in [1.29, 1.82) is 0 Å². The fourth-order valence-electron chi connectivity index (χ4n) is 2.42. The third-order valence-corrected chi connectivity index (χ3v) is 4.75. The molecule has 1 fully saturated rings. The second kappa shape index (κ2) is 8.88. The van der Waals surface area contributed by atoms with Gasteiger partial charge >= 0.3 is 0 Å². The Morgan fingerprint density at radius 3 is 2.12 bits per heavy atom. The van der Waals surface area contributed by atoms with Gasteiger partial charge in [0.15, 0.2) is 5.78 Å². The van der Waals surface area contributed by atoms with E-state index in [0.717, 1.165) is 0 Å². The van der Waals surface area contributed by atoms with Gasteiger partial charge in [0.1, 0.15) is 6.54 Å². The van der Waals surface area contributed by atoms with E-state index in [1.54, 1.807) is 0 Å². The lowest BCUT2D eigenvalue weighted by atomic mass is 9.91. The first-order valence-electron chi connectivity index (χ1n) is 8.89. The zero-order valence-corrected chi connectivity index (χ0v) is 17.4. The van der Waals surface area contributed by atoms with Crippen LogP contribution >= 0.6 is 11.8 Å². The van der Waals surface area contributed by atoms with Gasteiger partial charge in [-0.05, 0) is 11.8 Å². The predicted octanol–water partition coefficient (Wildman–Crippen LogP) is 3.16. The quantitative estimate of drug-likeness (QED) is 0.648. The van der Waals surface area contributed by atoms with E-state index in [1.807, 2.05) is 25.7 Å². The number of carbonyl (C=O) groups excluding carboxylic acids is 3. The van der Waals surface area contributed by atoms with Crippen LogP contribution in [0.15, 0.2) is 11.1 Å². The summed E-state index contributed by atoms with van der Waals surface area (Å²) in [4.78, 5) is 40.5. The molecule has 1 aliphatic rings. The topological polar surface area (TPSA) is 57.7 Å². The summed E-state index contributed by atoms with van der Waals surface area (Å²) in [5.74, 6) is 0.800. The van der Waals surface area contributed by atoms with Crippen molar-refractivity contribution >= 4 is 29.4 Å². The van der Waals surface area contributed by atoms with Crippen LogP contribution in [0.4, 0.5) is 0 Å². The highest BCUT2D eigenvalue weighted by atomic mass is 32.2. The minimum Gasteiger partial charge on any atom is -0.341 e. The van der Waals surface area contributed by atoms with E-state index in [-0.39, 0.29) is 29.9 Å². The first-order valence-corrected chi connectivity index (χ1v) is 9.87. The molecule has 0 atom stereocenters. The standard InChI is InChI=1S/C19H32N2O3S/c1-13(2)9-20(10-14(3)4)16(23)11-21-17(24)12-25-18(21)8-15(22)19(5,6)7/h8,13-14H,9-12H2,1-7H3/b18-8-. The predicted molar refractivity (Wildman–Crippen MR) is 103 cm³/mol. The SMILES string of the molecule is CC(C)CN(CC(C)C)C(=O)CN1C(=O)CS/C1=C\C(=O)C(C)(C)C. The molecule has 2 amide bonds. The van der Waals surface area contributed by atoms with Gasteiger partial charge in [-0.1, -0.05) is 60.2 Å². The fourth-order valence-corrected chi connectivity index (χ4v) is 3.36. The average Bonchev–Trinajstić information content (AvgIpc) is 2.77. The molecule has 0 aromatic carbocycles. The van der Waals surface area contributed by atoms with Gasteiger partial charge in [0, 0.05) is 24.6 Å². The Balaban J connectivity index is 2.92. The molecule has 1 saturated heterocycles. The molecule has 1 rings (SSSR count). The lowest BCUT2D eigenvalue weighted by molar-refractivity contribution is -0.137. The molecule has 25 heavy (non-hydrogen) atoms. The Bertz CT molecular complexity index is 537. The number of allylic oxidation sites excluding steroid dienone is 1. The molecule has 0 bridgehead atoms. The molecule has 0 saturated carbocycles. The summed E-state index contributed by atoms with van der Waals surface area (Å²) in [6.07, 6.45) is 1.51. The summed E-state index contributed by atoms with van der Waals surface area (Å²) in [5, 5.41) is 0.590. The first kappa shape index (κ1) is 21.7. The van der Waals surface area contributed by atoms with Crippen molar-refractivity contribution < 1.29 is 14.4 Å². The average molecular weight is 369 g/mol. The van der Waals surface area contributed by atoms with Crippen LogP contribution in [0.25, 0.3) is 0 Å². The molecule has 0 spiro atoms. The highest BCUT2D eigenvalue weighted by Crippen LogP contribution is 2.30. The maximum absolute atomic E-state index is 12.8. The maximum atomic E-state index is 12.8. The van der Waals surface area contributed by atoms with E-state index in [9.17, 15) is 14.4 Å². The molecule has 1 heterocycles. The number of rotatable bonds is 7. The third kappa shape index (κ3) is 6.84. The molecule has 0 N–H and O–H groups in total. The summed E-state index contributed by atoms with van der Waals surface area (Å²) in [5.41, 5.74) is -0.504. The van der Waals surface area contributed by atoms with Crippen molar-refractivity contribution in [3.63, 3.8) is 0 Å². The molecular formula is C19H32N2O3S. The minimum absolute atomic E-state index is 0.00846. The van der Waals surface area contributed by atoms with Gasteiger partial charge in [0.2, 0.25) is 11.8 Å². The number of hydrogen-bond donors (Lipinski definition) is 0. The molecule has 0 aromatic rings. The Labute approximate surface area is 156 Å².